The van der Waals surface area contributed by atoms with E-state index in [2.05, 4.69) is 0 Å². The van der Waals surface area contributed by atoms with Gasteiger partial charge >= 0.3 is 11.9 Å². The average molecular weight is 356 g/mol. The van der Waals surface area contributed by atoms with Gasteiger partial charge < -0.3 is 15.3 Å². The van der Waals surface area contributed by atoms with Crippen LogP contribution in [0.3, 0.4) is 0 Å². The van der Waals surface area contributed by atoms with E-state index < -0.39 is 55.4 Å². The van der Waals surface area contributed by atoms with Crippen LogP contribution >= 0.6 is 0 Å². The van der Waals surface area contributed by atoms with Gasteiger partial charge in [0, 0.05) is 0 Å². The van der Waals surface area contributed by atoms with Crippen LogP contribution in [0.15, 0.2) is 0 Å². The summed E-state index contributed by atoms with van der Waals surface area (Å²) in [5.74, 6) is -11.0. The van der Waals surface area contributed by atoms with E-state index in [4.69, 9.17) is 15.3 Å². The molecule has 13 heteroatoms. The smallest absolute Gasteiger partial charge is 0.339 e. The Morgan fingerprint density at radius 1 is 0.545 bits per heavy atom. The molecular formula is C9H10F10O3. The Morgan fingerprint density at radius 2 is 0.864 bits per heavy atom. The van der Waals surface area contributed by atoms with Gasteiger partial charge in [-0.3, -0.25) is 0 Å². The average Bonchev–Trinajstić information content (AvgIpc) is 2.40. The second kappa shape index (κ2) is 7.17. The third kappa shape index (κ3) is 4.35. The lowest BCUT2D eigenvalue weighted by molar-refractivity contribution is -0.420. The van der Waals surface area contributed by atoms with Crippen molar-refractivity contribution in [2.45, 2.75) is 55.4 Å². The maximum atomic E-state index is 13.0. The molecule has 3 N–H and O–H groups in total. The Labute approximate surface area is 116 Å². The summed E-state index contributed by atoms with van der Waals surface area (Å²) in [5.41, 5.74) is 0. The summed E-state index contributed by atoms with van der Waals surface area (Å²) in [5, 5.41) is 24.2. The Morgan fingerprint density at radius 3 is 1.18 bits per heavy atom. The monoisotopic (exact) mass is 356 g/mol. The Hall–Kier alpha value is -0.820. The van der Waals surface area contributed by atoms with Crippen molar-refractivity contribution in [1.29, 1.82) is 0 Å². The van der Waals surface area contributed by atoms with E-state index in [1.165, 1.54) is 0 Å². The second-order valence-corrected chi connectivity index (χ2v) is 4.22. The van der Waals surface area contributed by atoms with Gasteiger partial charge in [-0.2, -0.15) is 8.78 Å². The standard InChI is InChI=1S/C9H10F10O3/c10-1(3(12)5(14)7(16)17)2(11)4(13)6(15)8(18,19)9(20,21)22/h1-7,20-22H. The van der Waals surface area contributed by atoms with E-state index in [-0.39, 0.29) is 0 Å². The van der Waals surface area contributed by atoms with Crippen LogP contribution in [0, 0.1) is 0 Å². The molecule has 0 amide bonds. The van der Waals surface area contributed by atoms with E-state index >= 15 is 0 Å². The predicted octanol–water partition coefficient (Wildman–Crippen LogP) is 1.55. The van der Waals surface area contributed by atoms with Crippen molar-refractivity contribution in [3.05, 3.63) is 0 Å². The summed E-state index contributed by atoms with van der Waals surface area (Å²) in [4.78, 5) is 0. The highest BCUT2D eigenvalue weighted by molar-refractivity contribution is 4.96. The fourth-order valence-corrected chi connectivity index (χ4v) is 1.21. The normalized spacial score (nSPS) is 22.1. The van der Waals surface area contributed by atoms with Crippen molar-refractivity contribution in [2.24, 2.45) is 0 Å². The first kappa shape index (κ1) is 21.2. The SMILES string of the molecule is OC(O)(O)C(F)(F)C(F)C(F)C(F)C(F)C(F)C(F)C(F)F. The van der Waals surface area contributed by atoms with Crippen LogP contribution in [0.4, 0.5) is 43.9 Å². The maximum absolute atomic E-state index is 13.0. The van der Waals surface area contributed by atoms with Crippen molar-refractivity contribution in [2.75, 3.05) is 0 Å². The van der Waals surface area contributed by atoms with E-state index in [0.717, 1.165) is 0 Å². The number of hydrogen-bond acceptors (Lipinski definition) is 3. The molecular weight excluding hydrogens is 346 g/mol. The molecule has 0 aliphatic carbocycles. The lowest BCUT2D eigenvalue weighted by Crippen LogP contribution is -2.59. The lowest BCUT2D eigenvalue weighted by atomic mass is 9.98. The molecule has 0 fully saturated rings. The highest BCUT2D eigenvalue weighted by Gasteiger charge is 2.63. The summed E-state index contributed by atoms with van der Waals surface area (Å²) in [6, 6.07) is 0. The second-order valence-electron chi connectivity index (χ2n) is 4.22. The molecule has 22 heavy (non-hydrogen) atoms. The van der Waals surface area contributed by atoms with E-state index in [9.17, 15) is 43.9 Å². The van der Waals surface area contributed by atoms with Gasteiger partial charge in [0.2, 0.25) is 6.17 Å². The van der Waals surface area contributed by atoms with Gasteiger partial charge in [0.25, 0.3) is 6.43 Å². The first-order valence-corrected chi connectivity index (χ1v) is 5.33. The zero-order valence-corrected chi connectivity index (χ0v) is 10.2. The van der Waals surface area contributed by atoms with Crippen LogP contribution in [0.5, 0.6) is 0 Å². The molecule has 0 rings (SSSR count). The van der Waals surface area contributed by atoms with Crippen LogP contribution in [-0.4, -0.2) is 70.7 Å². The summed E-state index contributed by atoms with van der Waals surface area (Å²) < 4.78 is 126. The molecule has 0 radical (unpaired) electrons. The van der Waals surface area contributed by atoms with Gasteiger partial charge in [0.15, 0.2) is 30.9 Å². The molecule has 0 heterocycles. The third-order valence-corrected chi connectivity index (χ3v) is 2.53. The van der Waals surface area contributed by atoms with Gasteiger partial charge in [0.05, 0.1) is 0 Å². The predicted molar refractivity (Wildman–Crippen MR) is 49.7 cm³/mol. The quantitative estimate of drug-likeness (QED) is 0.457. The molecule has 0 saturated heterocycles. The highest BCUT2D eigenvalue weighted by atomic mass is 19.3. The molecule has 0 aliphatic rings. The molecule has 134 valence electrons. The topological polar surface area (TPSA) is 60.7 Å². The molecule has 0 aromatic heterocycles. The lowest BCUT2D eigenvalue weighted by Gasteiger charge is -2.31. The minimum Gasteiger partial charge on any atom is -0.339 e. The van der Waals surface area contributed by atoms with Crippen LogP contribution in [-0.2, 0) is 0 Å². The summed E-state index contributed by atoms with van der Waals surface area (Å²) in [7, 11) is 0. The minimum atomic E-state index is -5.79. The number of hydrogen-bond donors (Lipinski definition) is 3. The van der Waals surface area contributed by atoms with Gasteiger partial charge in [-0.15, -0.1) is 0 Å². The highest BCUT2D eigenvalue weighted by Crippen LogP contribution is 2.36. The van der Waals surface area contributed by atoms with Gasteiger partial charge in [0.1, 0.15) is 0 Å². The molecule has 0 spiro atoms. The fraction of sp³-hybridized carbons (Fsp3) is 1.00. The molecule has 0 aromatic carbocycles. The van der Waals surface area contributed by atoms with Crippen LogP contribution < -0.4 is 0 Å². The van der Waals surface area contributed by atoms with Crippen molar-refractivity contribution in [3.63, 3.8) is 0 Å². The molecule has 6 unspecified atom stereocenters. The first-order valence-electron chi connectivity index (χ1n) is 5.33. The van der Waals surface area contributed by atoms with Crippen molar-refractivity contribution in [1.82, 2.24) is 0 Å². The molecule has 0 aliphatic heterocycles. The molecule has 6 atom stereocenters. The maximum Gasteiger partial charge on any atom is 0.360 e. The van der Waals surface area contributed by atoms with Gasteiger partial charge in [-0.05, 0) is 0 Å². The summed E-state index contributed by atoms with van der Waals surface area (Å²) >= 11 is 0. The zero-order chi connectivity index (χ0) is 18.0. The fourth-order valence-electron chi connectivity index (χ4n) is 1.21. The molecule has 0 aromatic rings. The number of aliphatic hydroxyl groups is 3. The Kier molecular flexibility index (Phi) is 6.90. The van der Waals surface area contributed by atoms with Crippen LogP contribution in [0.2, 0.25) is 0 Å². The Balaban J connectivity index is 5.10. The third-order valence-electron chi connectivity index (χ3n) is 2.53. The molecule has 0 bridgehead atoms. The van der Waals surface area contributed by atoms with E-state index in [1.54, 1.807) is 0 Å². The Bertz CT molecular complexity index is 349. The summed E-state index contributed by atoms with van der Waals surface area (Å²) in [6.45, 7) is 0. The van der Waals surface area contributed by atoms with Crippen LogP contribution in [0.1, 0.15) is 0 Å². The van der Waals surface area contributed by atoms with E-state index in [0.29, 0.717) is 0 Å². The minimum absolute atomic E-state index is 3.94. The van der Waals surface area contributed by atoms with Crippen molar-refractivity contribution < 1.29 is 59.2 Å². The van der Waals surface area contributed by atoms with Gasteiger partial charge in [-0.1, -0.05) is 0 Å². The number of alkyl halides is 10. The van der Waals surface area contributed by atoms with Crippen LogP contribution in [0.25, 0.3) is 0 Å². The zero-order valence-electron chi connectivity index (χ0n) is 10.2. The van der Waals surface area contributed by atoms with Gasteiger partial charge in [-0.25, -0.2) is 35.1 Å². The summed E-state index contributed by atoms with van der Waals surface area (Å²) in [6.07, 6.45) is -29.3. The van der Waals surface area contributed by atoms with Crippen molar-refractivity contribution in [3.8, 4) is 0 Å². The largest absolute Gasteiger partial charge is 0.360 e. The molecule has 3 nitrogen and oxygen atoms in total. The number of rotatable bonds is 8. The molecule has 0 saturated carbocycles. The van der Waals surface area contributed by atoms with Crippen molar-refractivity contribution >= 4 is 0 Å². The van der Waals surface area contributed by atoms with E-state index in [1.807, 2.05) is 0 Å². The number of halogens is 10. The first-order chi connectivity index (χ1) is 9.66.